The summed E-state index contributed by atoms with van der Waals surface area (Å²) in [6.07, 6.45) is 12.2. The van der Waals surface area contributed by atoms with E-state index in [1.807, 2.05) is 0 Å². The van der Waals surface area contributed by atoms with Gasteiger partial charge in [0.1, 0.15) is 51.9 Å². The number of aliphatic hydroxyl groups excluding tert-OH is 1. The zero-order valence-electron chi connectivity index (χ0n) is 32.7. The van der Waals surface area contributed by atoms with E-state index in [0.29, 0.717) is 53.6 Å². The molecule has 1 N–H and O–H groups in total. The molecule has 2 bridgehead atoms. The fourth-order valence-corrected chi connectivity index (χ4v) is 15.6. The van der Waals surface area contributed by atoms with Crippen molar-refractivity contribution in [3.05, 3.63) is 48.0 Å². The van der Waals surface area contributed by atoms with Crippen LogP contribution in [0.2, 0.25) is 0 Å². The van der Waals surface area contributed by atoms with E-state index >= 15 is 0 Å². The second-order valence-electron chi connectivity index (χ2n) is 20.9. The fourth-order valence-electron chi connectivity index (χ4n) is 15.6. The summed E-state index contributed by atoms with van der Waals surface area (Å²) in [6, 6.07) is 11.0. The molecule has 5 aliphatic carbocycles. The Kier molecular flexibility index (Phi) is 8.42. The standard InChI is InChI=1S/C45H70N2O3/c1-32(2)34-15-20-45(31-48)22-21-43(6)35(40(34)45)13-14-37-42(5)18-17-38(41(3,4)36(42)16-19-44(37,43)7)50-39(49)30-47-26-23-46(24-27-47,25-28-47)29-33-11-9-8-10-12-33/h8-12,34-38,40,48H,1,13-31H2,2-7H3/q+2/t34-,35?,36?,37?,38-,40?,42-,43+,44+,45+,46?,47?/m0/s1. The van der Waals surface area contributed by atoms with Crippen LogP contribution in [0.4, 0.5) is 0 Å². The highest BCUT2D eigenvalue weighted by atomic mass is 16.5. The molecule has 0 spiro atoms. The monoisotopic (exact) mass is 687 g/mol. The highest BCUT2D eigenvalue weighted by Crippen LogP contribution is 2.77. The van der Waals surface area contributed by atoms with Crippen molar-refractivity contribution in [2.75, 3.05) is 52.4 Å². The summed E-state index contributed by atoms with van der Waals surface area (Å²) < 4.78 is 8.77. The average molecular weight is 687 g/mol. The molecular formula is C45H70N2O3+2. The number of nitrogens with zero attached hydrogens (tertiary/aromatic N) is 2. The third kappa shape index (κ3) is 5.04. The molecule has 0 amide bonds. The lowest BCUT2D eigenvalue weighted by Crippen LogP contribution is -2.75. The van der Waals surface area contributed by atoms with Crippen molar-refractivity contribution in [2.45, 2.75) is 118 Å². The first-order valence-corrected chi connectivity index (χ1v) is 20.8. The van der Waals surface area contributed by atoms with Crippen LogP contribution in [-0.4, -0.2) is 78.6 Å². The number of carbonyl (C=O) groups excluding carboxylic acids is 1. The molecule has 8 fully saturated rings. The number of fused-ring (bicyclic) bond motifs is 10. The fraction of sp³-hybridized carbons (Fsp3) is 0.800. The van der Waals surface area contributed by atoms with Crippen molar-refractivity contribution in [3.8, 4) is 0 Å². The minimum atomic E-state index is -0.0254. The Bertz CT molecular complexity index is 1460. The third-order valence-electron chi connectivity index (χ3n) is 18.7. The van der Waals surface area contributed by atoms with Gasteiger partial charge in [-0.05, 0) is 122 Å². The van der Waals surface area contributed by atoms with Gasteiger partial charge in [-0.3, -0.25) is 0 Å². The van der Waals surface area contributed by atoms with E-state index in [4.69, 9.17) is 4.74 Å². The number of hydrogen-bond acceptors (Lipinski definition) is 3. The lowest BCUT2D eigenvalue weighted by atomic mass is 9.32. The predicted octanol–water partition coefficient (Wildman–Crippen LogP) is 8.41. The molecule has 9 rings (SSSR count). The minimum Gasteiger partial charge on any atom is -0.458 e. The van der Waals surface area contributed by atoms with Gasteiger partial charge in [0.25, 0.3) is 0 Å². The van der Waals surface area contributed by atoms with E-state index < -0.39 is 0 Å². The van der Waals surface area contributed by atoms with E-state index in [0.717, 1.165) is 37.1 Å². The number of ether oxygens (including phenoxy) is 1. The van der Waals surface area contributed by atoms with E-state index in [1.54, 1.807) is 0 Å². The zero-order valence-corrected chi connectivity index (χ0v) is 32.7. The van der Waals surface area contributed by atoms with Crippen LogP contribution in [0.5, 0.6) is 0 Å². The van der Waals surface area contributed by atoms with Gasteiger partial charge in [0.15, 0.2) is 6.54 Å². The SMILES string of the molecule is C=C(C)[C@@H]1CC[C@]2(CO)CC[C@]3(C)C(CCC4[C@@]5(C)CC[C@H](OC(=O)C[N+]67CC[N+](Cc8ccccc8)(CC6)CC7)C(C)(C)C5CC[C@]43C)C12. The Morgan fingerprint density at radius 1 is 0.800 bits per heavy atom. The lowest BCUT2D eigenvalue weighted by Gasteiger charge is -2.73. The van der Waals surface area contributed by atoms with Gasteiger partial charge in [0.05, 0.1) is 0 Å². The summed E-state index contributed by atoms with van der Waals surface area (Å²) in [6.45, 7) is 28.6. The van der Waals surface area contributed by atoms with E-state index in [9.17, 15) is 9.90 Å². The Morgan fingerprint density at radius 2 is 1.48 bits per heavy atom. The van der Waals surface area contributed by atoms with Crippen LogP contribution in [0.15, 0.2) is 42.5 Å². The molecule has 5 nitrogen and oxygen atoms in total. The average Bonchev–Trinajstić information content (AvgIpc) is 3.48. The van der Waals surface area contributed by atoms with Crippen LogP contribution in [0, 0.1) is 56.7 Å². The largest absolute Gasteiger partial charge is 0.458 e. The van der Waals surface area contributed by atoms with Crippen LogP contribution in [0.1, 0.15) is 111 Å². The van der Waals surface area contributed by atoms with Gasteiger partial charge >= 0.3 is 5.97 Å². The van der Waals surface area contributed by atoms with Crippen molar-refractivity contribution in [3.63, 3.8) is 0 Å². The third-order valence-corrected chi connectivity index (χ3v) is 18.7. The first-order chi connectivity index (χ1) is 23.7. The molecule has 10 atom stereocenters. The molecule has 4 unspecified atom stereocenters. The predicted molar refractivity (Wildman–Crippen MR) is 201 cm³/mol. The van der Waals surface area contributed by atoms with Crippen LogP contribution < -0.4 is 0 Å². The Morgan fingerprint density at radius 3 is 2.14 bits per heavy atom. The van der Waals surface area contributed by atoms with Gasteiger partial charge in [-0.25, -0.2) is 4.79 Å². The number of carbonyl (C=O) groups is 1. The zero-order chi connectivity index (χ0) is 35.4. The second-order valence-corrected chi connectivity index (χ2v) is 20.9. The number of rotatable bonds is 7. The van der Waals surface area contributed by atoms with Gasteiger partial charge in [-0.2, -0.15) is 0 Å². The van der Waals surface area contributed by atoms with E-state index in [-0.39, 0.29) is 28.3 Å². The molecule has 1 aromatic carbocycles. The number of esters is 1. The molecule has 276 valence electrons. The van der Waals surface area contributed by atoms with Crippen molar-refractivity contribution >= 4 is 5.97 Å². The van der Waals surface area contributed by atoms with Crippen molar-refractivity contribution in [2.24, 2.45) is 56.7 Å². The summed E-state index contributed by atoms with van der Waals surface area (Å²) >= 11 is 0. The Balaban J connectivity index is 0.952. The Labute approximate surface area is 304 Å². The van der Waals surface area contributed by atoms with E-state index in [2.05, 4.69) is 78.5 Å². The number of allylic oxidation sites excluding steroid dienone is 1. The van der Waals surface area contributed by atoms with Crippen LogP contribution in [0.25, 0.3) is 0 Å². The normalized spacial score (nSPS) is 48.9. The van der Waals surface area contributed by atoms with Gasteiger partial charge < -0.3 is 18.8 Å². The summed E-state index contributed by atoms with van der Waals surface area (Å²) in [7, 11) is 0. The highest BCUT2D eigenvalue weighted by molar-refractivity contribution is 5.71. The summed E-state index contributed by atoms with van der Waals surface area (Å²) in [5, 5.41) is 10.9. The molecule has 0 radical (unpaired) electrons. The molecule has 8 aliphatic rings. The van der Waals surface area contributed by atoms with Crippen LogP contribution in [0.3, 0.4) is 0 Å². The van der Waals surface area contributed by atoms with Crippen molar-refractivity contribution in [1.29, 1.82) is 0 Å². The molecular weight excluding hydrogens is 617 g/mol. The molecule has 3 aliphatic heterocycles. The summed E-state index contributed by atoms with van der Waals surface area (Å²) in [4.78, 5) is 13.9. The molecule has 50 heavy (non-hydrogen) atoms. The summed E-state index contributed by atoms with van der Waals surface area (Å²) in [5.74, 6) is 3.17. The first-order valence-electron chi connectivity index (χ1n) is 20.8. The summed E-state index contributed by atoms with van der Waals surface area (Å²) in [5.41, 5.74) is 3.75. The lowest BCUT2D eigenvalue weighted by molar-refractivity contribution is -1.08. The number of quaternary nitrogens is 2. The van der Waals surface area contributed by atoms with Crippen molar-refractivity contribution in [1.82, 2.24) is 0 Å². The maximum Gasteiger partial charge on any atom is 0.362 e. The maximum atomic E-state index is 13.9. The highest BCUT2D eigenvalue weighted by Gasteiger charge is 2.71. The first kappa shape index (κ1) is 35.3. The number of benzene rings is 1. The quantitative estimate of drug-likeness (QED) is 0.178. The van der Waals surface area contributed by atoms with Crippen LogP contribution in [-0.2, 0) is 16.1 Å². The molecule has 3 saturated heterocycles. The molecule has 0 aromatic heterocycles. The number of piperazine rings is 3. The smallest absolute Gasteiger partial charge is 0.362 e. The second kappa shape index (κ2) is 11.9. The number of aliphatic hydroxyl groups is 1. The van der Waals surface area contributed by atoms with Crippen molar-refractivity contribution < 1.29 is 23.6 Å². The molecule has 1 aromatic rings. The topological polar surface area (TPSA) is 46.5 Å². The molecule has 5 heteroatoms. The number of hydrogen-bond donors (Lipinski definition) is 1. The Hall–Kier alpha value is -1.69. The van der Waals surface area contributed by atoms with E-state index in [1.165, 1.54) is 93.0 Å². The van der Waals surface area contributed by atoms with Gasteiger partial charge in [0.2, 0.25) is 0 Å². The minimum absolute atomic E-state index is 0.0137. The van der Waals surface area contributed by atoms with Gasteiger partial charge in [0, 0.05) is 17.6 Å². The molecule has 3 heterocycles. The van der Waals surface area contributed by atoms with Crippen LogP contribution >= 0.6 is 0 Å². The maximum absolute atomic E-state index is 13.9. The van der Waals surface area contributed by atoms with Gasteiger partial charge in [-0.1, -0.05) is 77.1 Å². The molecule has 5 saturated carbocycles. The van der Waals surface area contributed by atoms with Gasteiger partial charge in [-0.15, -0.1) is 0 Å².